The first-order valence-electron chi connectivity index (χ1n) is 6.35. The summed E-state index contributed by atoms with van der Waals surface area (Å²) in [6.07, 6.45) is 2.46. The van der Waals surface area contributed by atoms with Gasteiger partial charge in [-0.2, -0.15) is 0 Å². The SMILES string of the molecule is O=C1NC2C3CC(CC13)C2[Se]c1ccccc1. The Balaban J connectivity index is 1.59. The number of amides is 1. The van der Waals surface area contributed by atoms with Crippen molar-refractivity contribution < 1.29 is 4.79 Å². The summed E-state index contributed by atoms with van der Waals surface area (Å²) >= 11 is 0.522. The standard InChI is InChI=1S/C14H15NOSe/c16-14-11-7-8-6-10(11)12(15-14)13(8)17-9-4-2-1-3-5-9/h1-5,8,10-13H,6-7H2,(H,15,16). The van der Waals surface area contributed by atoms with Gasteiger partial charge in [0.05, 0.1) is 0 Å². The zero-order valence-corrected chi connectivity index (χ0v) is 11.2. The molecule has 1 saturated heterocycles. The Kier molecular flexibility index (Phi) is 2.15. The number of nitrogens with one attached hydrogen (secondary N) is 1. The third-order valence-corrected chi connectivity index (χ3v) is 7.73. The van der Waals surface area contributed by atoms with Crippen molar-refractivity contribution in [2.24, 2.45) is 17.8 Å². The first kappa shape index (κ1) is 10.2. The van der Waals surface area contributed by atoms with Crippen molar-refractivity contribution in [2.45, 2.75) is 23.7 Å². The molecule has 5 atom stereocenters. The molecule has 17 heavy (non-hydrogen) atoms. The van der Waals surface area contributed by atoms with Crippen LogP contribution in [0.15, 0.2) is 30.3 Å². The number of fused-ring (bicyclic) bond motifs is 1. The predicted octanol–water partition coefficient (Wildman–Crippen LogP) is 0.959. The summed E-state index contributed by atoms with van der Waals surface area (Å²) in [5.74, 6) is 2.19. The normalized spacial score (nSPS) is 41.9. The second-order valence-corrected chi connectivity index (χ2v) is 8.06. The molecule has 2 aliphatic carbocycles. The van der Waals surface area contributed by atoms with Gasteiger partial charge in [-0.25, -0.2) is 0 Å². The van der Waals surface area contributed by atoms with E-state index in [-0.39, 0.29) is 0 Å². The number of carbonyl (C=O) groups excluding carboxylic acids is 1. The number of benzene rings is 1. The minimum atomic E-state index is 0.342. The average molecular weight is 292 g/mol. The number of hydrogen-bond donors (Lipinski definition) is 1. The first-order valence-corrected chi connectivity index (χ1v) is 8.19. The van der Waals surface area contributed by atoms with Crippen LogP contribution in [0.3, 0.4) is 0 Å². The van der Waals surface area contributed by atoms with Gasteiger partial charge in [0, 0.05) is 0 Å². The van der Waals surface area contributed by atoms with Crippen molar-refractivity contribution >= 4 is 25.3 Å². The van der Waals surface area contributed by atoms with E-state index >= 15 is 0 Å². The van der Waals surface area contributed by atoms with Gasteiger partial charge in [0.1, 0.15) is 0 Å². The van der Waals surface area contributed by atoms with Gasteiger partial charge in [-0.3, -0.25) is 0 Å². The molecule has 0 aromatic heterocycles. The monoisotopic (exact) mass is 293 g/mol. The molecule has 5 unspecified atom stereocenters. The van der Waals surface area contributed by atoms with Crippen LogP contribution in [-0.2, 0) is 4.79 Å². The molecule has 0 spiro atoms. The molecule has 88 valence electrons. The molecule has 1 aromatic carbocycles. The molecular weight excluding hydrogens is 277 g/mol. The summed E-state index contributed by atoms with van der Waals surface area (Å²) in [5.41, 5.74) is 0. The summed E-state index contributed by atoms with van der Waals surface area (Å²) in [5, 5.41) is 3.25. The molecule has 1 heterocycles. The van der Waals surface area contributed by atoms with Crippen molar-refractivity contribution in [1.29, 1.82) is 0 Å². The number of rotatable bonds is 2. The molecular formula is C14H15NOSe. The molecule has 2 nitrogen and oxygen atoms in total. The van der Waals surface area contributed by atoms with Crippen LogP contribution in [0.25, 0.3) is 0 Å². The first-order chi connectivity index (χ1) is 8.33. The third-order valence-electron chi connectivity index (χ3n) is 4.59. The Labute approximate surface area is 107 Å². The molecule has 3 aliphatic rings. The van der Waals surface area contributed by atoms with Gasteiger partial charge in [-0.1, -0.05) is 0 Å². The zero-order valence-electron chi connectivity index (χ0n) is 9.50. The van der Waals surface area contributed by atoms with E-state index in [2.05, 4.69) is 35.6 Å². The Morgan fingerprint density at radius 2 is 2.00 bits per heavy atom. The van der Waals surface area contributed by atoms with Crippen LogP contribution in [-0.4, -0.2) is 26.9 Å². The summed E-state index contributed by atoms with van der Waals surface area (Å²) in [7, 11) is 0. The topological polar surface area (TPSA) is 29.1 Å². The summed E-state index contributed by atoms with van der Waals surface area (Å²) < 4.78 is 1.48. The van der Waals surface area contributed by atoms with Crippen LogP contribution in [0.1, 0.15) is 12.8 Å². The van der Waals surface area contributed by atoms with E-state index in [0.717, 1.165) is 17.2 Å². The van der Waals surface area contributed by atoms with E-state index in [1.165, 1.54) is 10.9 Å². The van der Waals surface area contributed by atoms with Gasteiger partial charge >= 0.3 is 107 Å². The van der Waals surface area contributed by atoms with E-state index in [1.807, 2.05) is 0 Å². The molecule has 2 bridgehead atoms. The second kappa shape index (κ2) is 3.60. The number of carbonyl (C=O) groups is 1. The van der Waals surface area contributed by atoms with Gasteiger partial charge in [0.15, 0.2) is 0 Å². The fourth-order valence-corrected chi connectivity index (χ4v) is 6.96. The van der Waals surface area contributed by atoms with Crippen LogP contribution in [0, 0.1) is 17.8 Å². The fraction of sp³-hybridized carbons (Fsp3) is 0.500. The molecule has 0 radical (unpaired) electrons. The maximum absolute atomic E-state index is 11.8. The third kappa shape index (κ3) is 1.42. The molecule has 1 aromatic rings. The van der Waals surface area contributed by atoms with Crippen molar-refractivity contribution in [3.63, 3.8) is 0 Å². The molecule has 3 fully saturated rings. The summed E-state index contributed by atoms with van der Waals surface area (Å²) in [4.78, 5) is 12.5. The molecule has 1 N–H and O–H groups in total. The molecule has 4 rings (SSSR count). The Hall–Kier alpha value is -0.791. The zero-order chi connectivity index (χ0) is 11.4. The van der Waals surface area contributed by atoms with Gasteiger partial charge in [0.2, 0.25) is 0 Å². The minimum absolute atomic E-state index is 0.342. The molecule has 1 amide bonds. The summed E-state index contributed by atoms with van der Waals surface area (Å²) in [6, 6.07) is 11.3. The van der Waals surface area contributed by atoms with Crippen LogP contribution in [0.2, 0.25) is 4.82 Å². The number of hydrogen-bond acceptors (Lipinski definition) is 1. The predicted molar refractivity (Wildman–Crippen MR) is 67.2 cm³/mol. The van der Waals surface area contributed by atoms with Crippen molar-refractivity contribution in [1.82, 2.24) is 5.32 Å². The van der Waals surface area contributed by atoms with E-state index in [0.29, 0.717) is 38.7 Å². The molecule has 1 aliphatic heterocycles. The van der Waals surface area contributed by atoms with Gasteiger partial charge < -0.3 is 0 Å². The van der Waals surface area contributed by atoms with E-state index in [1.54, 1.807) is 0 Å². The van der Waals surface area contributed by atoms with Crippen LogP contribution >= 0.6 is 0 Å². The average Bonchev–Trinajstić information content (AvgIpc) is 2.95. The Morgan fingerprint density at radius 1 is 1.18 bits per heavy atom. The molecule has 2 saturated carbocycles. The summed E-state index contributed by atoms with van der Waals surface area (Å²) in [6.45, 7) is 0. The van der Waals surface area contributed by atoms with E-state index in [9.17, 15) is 4.79 Å². The van der Waals surface area contributed by atoms with Gasteiger partial charge in [-0.05, 0) is 0 Å². The Morgan fingerprint density at radius 3 is 2.82 bits per heavy atom. The van der Waals surface area contributed by atoms with Crippen LogP contribution < -0.4 is 9.78 Å². The van der Waals surface area contributed by atoms with E-state index < -0.39 is 0 Å². The quantitative estimate of drug-likeness (QED) is 0.808. The Bertz CT molecular complexity index is 461. The van der Waals surface area contributed by atoms with Gasteiger partial charge in [0.25, 0.3) is 0 Å². The molecule has 3 heteroatoms. The van der Waals surface area contributed by atoms with Crippen molar-refractivity contribution in [3.05, 3.63) is 30.3 Å². The van der Waals surface area contributed by atoms with Crippen molar-refractivity contribution in [2.75, 3.05) is 0 Å². The van der Waals surface area contributed by atoms with Crippen LogP contribution in [0.5, 0.6) is 0 Å². The van der Waals surface area contributed by atoms with Crippen molar-refractivity contribution in [3.8, 4) is 0 Å². The second-order valence-electron chi connectivity index (χ2n) is 5.43. The van der Waals surface area contributed by atoms with E-state index in [4.69, 9.17) is 0 Å². The van der Waals surface area contributed by atoms with Gasteiger partial charge in [-0.15, -0.1) is 0 Å². The fourth-order valence-electron chi connectivity index (χ4n) is 3.90. The van der Waals surface area contributed by atoms with Crippen LogP contribution in [0.4, 0.5) is 0 Å². The maximum atomic E-state index is 11.8.